The normalized spacial score (nSPS) is 26.8. The van der Waals surface area contributed by atoms with Crippen LogP contribution >= 0.6 is 0 Å². The molecule has 1 heterocycles. The minimum Gasteiger partial charge on any atom is -0.265 e. The molecule has 1 N–H and O–H groups in total. The Morgan fingerprint density at radius 3 is 2.75 bits per heavy atom. The van der Waals surface area contributed by atoms with Gasteiger partial charge in [-0.25, -0.2) is 0 Å². The molecule has 0 bridgehead atoms. The summed E-state index contributed by atoms with van der Waals surface area (Å²) in [4.78, 5) is 0. The maximum atomic E-state index is 2.99. The number of nitrogens with one attached hydrogen (secondary N) is 1. The van der Waals surface area contributed by atoms with E-state index >= 15 is 0 Å². The Bertz CT molecular complexity index is 135. The summed E-state index contributed by atoms with van der Waals surface area (Å²) in [5.74, 6) is 0. The van der Waals surface area contributed by atoms with Gasteiger partial charge in [-0.2, -0.15) is 0 Å². The molecule has 0 aromatic rings. The van der Waals surface area contributed by atoms with Gasteiger partial charge in [0.1, 0.15) is 6.04 Å². The summed E-state index contributed by atoms with van der Waals surface area (Å²) in [5, 5.41) is 2.99. The average Bonchev–Trinajstić information content (AvgIpc) is 1.77. The van der Waals surface area contributed by atoms with Crippen molar-refractivity contribution in [1.29, 1.82) is 0 Å². The SMILES string of the molecule is CC1C=CNC=[N+]1C. The van der Waals surface area contributed by atoms with Crippen molar-refractivity contribution in [2.24, 2.45) is 0 Å². The Hall–Kier alpha value is -0.790. The lowest BCUT2D eigenvalue weighted by molar-refractivity contribution is -0.520. The van der Waals surface area contributed by atoms with Crippen LogP contribution in [0.3, 0.4) is 0 Å². The fraction of sp³-hybridized carbons (Fsp3) is 0.500. The second kappa shape index (κ2) is 1.99. The van der Waals surface area contributed by atoms with Crippen LogP contribution in [-0.2, 0) is 0 Å². The Morgan fingerprint density at radius 1 is 1.62 bits per heavy atom. The minimum absolute atomic E-state index is 0.538. The molecule has 0 fully saturated rings. The van der Waals surface area contributed by atoms with Crippen LogP contribution in [0.4, 0.5) is 0 Å². The molecule has 0 saturated heterocycles. The zero-order valence-corrected chi connectivity index (χ0v) is 5.26. The molecule has 2 heteroatoms. The molecular formula is C6H11N2+. The van der Waals surface area contributed by atoms with Crippen molar-refractivity contribution in [3.63, 3.8) is 0 Å². The molecule has 1 rings (SSSR count). The Kier molecular flexibility index (Phi) is 1.33. The zero-order chi connectivity index (χ0) is 5.98. The van der Waals surface area contributed by atoms with Crippen LogP contribution in [0, 0.1) is 0 Å². The highest BCUT2D eigenvalue weighted by molar-refractivity contribution is 5.50. The van der Waals surface area contributed by atoms with Gasteiger partial charge in [0.05, 0.1) is 13.2 Å². The van der Waals surface area contributed by atoms with Gasteiger partial charge < -0.3 is 0 Å². The second-order valence-corrected chi connectivity index (χ2v) is 2.06. The van der Waals surface area contributed by atoms with Crippen LogP contribution in [0.1, 0.15) is 6.92 Å². The highest BCUT2D eigenvalue weighted by Crippen LogP contribution is 1.90. The molecule has 0 aromatic heterocycles. The lowest BCUT2D eigenvalue weighted by atomic mass is 10.3. The molecule has 1 aliphatic heterocycles. The predicted molar refractivity (Wildman–Crippen MR) is 34.0 cm³/mol. The van der Waals surface area contributed by atoms with E-state index in [0.29, 0.717) is 6.04 Å². The molecule has 1 atom stereocenters. The van der Waals surface area contributed by atoms with Gasteiger partial charge in [0.25, 0.3) is 0 Å². The fourth-order valence-electron chi connectivity index (χ4n) is 0.609. The Balaban J connectivity index is 2.63. The summed E-state index contributed by atoms with van der Waals surface area (Å²) in [7, 11) is 2.04. The standard InChI is InChI=1S/C6H10N2/c1-6-3-4-7-5-8(6)2/h3-6H,1-2H3/p+1. The highest BCUT2D eigenvalue weighted by atomic mass is 15.1. The highest BCUT2D eigenvalue weighted by Gasteiger charge is 2.04. The van der Waals surface area contributed by atoms with E-state index in [2.05, 4.69) is 22.9 Å². The summed E-state index contributed by atoms with van der Waals surface area (Å²) in [5.41, 5.74) is 0. The van der Waals surface area contributed by atoms with Crippen LogP contribution in [0.25, 0.3) is 0 Å². The fourth-order valence-corrected chi connectivity index (χ4v) is 0.609. The molecular weight excluding hydrogens is 100 g/mol. The minimum atomic E-state index is 0.538. The Labute approximate surface area is 49.5 Å². The molecule has 0 amide bonds. The van der Waals surface area contributed by atoms with Gasteiger partial charge in [-0.3, -0.25) is 9.89 Å². The summed E-state index contributed by atoms with van der Waals surface area (Å²) in [6, 6.07) is 0.538. The van der Waals surface area contributed by atoms with E-state index in [9.17, 15) is 0 Å². The number of hydrogen-bond donors (Lipinski definition) is 1. The Morgan fingerprint density at radius 2 is 2.38 bits per heavy atom. The van der Waals surface area contributed by atoms with Gasteiger partial charge in [0, 0.05) is 0 Å². The summed E-state index contributed by atoms with van der Waals surface area (Å²) in [6.45, 7) is 2.15. The largest absolute Gasteiger partial charge is 0.265 e. The number of likely N-dealkylation sites (N-methyl/N-ethyl adjacent to an activating group) is 1. The van der Waals surface area contributed by atoms with E-state index in [1.807, 2.05) is 19.6 Å². The molecule has 0 radical (unpaired) electrons. The first-order valence-electron chi connectivity index (χ1n) is 2.78. The third-order valence-corrected chi connectivity index (χ3v) is 1.39. The van der Waals surface area contributed by atoms with Gasteiger partial charge in [-0.1, -0.05) is 0 Å². The van der Waals surface area contributed by atoms with Crippen LogP contribution in [0.2, 0.25) is 0 Å². The van der Waals surface area contributed by atoms with Gasteiger partial charge in [-0.15, -0.1) is 0 Å². The van der Waals surface area contributed by atoms with Crippen molar-refractivity contribution in [2.75, 3.05) is 7.05 Å². The van der Waals surface area contributed by atoms with Crippen LogP contribution in [0.5, 0.6) is 0 Å². The molecule has 0 spiro atoms. The number of hydrogen-bond acceptors (Lipinski definition) is 1. The molecule has 1 unspecified atom stereocenters. The number of rotatable bonds is 0. The summed E-state index contributed by atoms with van der Waals surface area (Å²) >= 11 is 0. The lowest BCUT2D eigenvalue weighted by Crippen LogP contribution is -2.27. The van der Waals surface area contributed by atoms with E-state index in [4.69, 9.17) is 0 Å². The first-order chi connectivity index (χ1) is 3.80. The van der Waals surface area contributed by atoms with E-state index in [0.717, 1.165) is 0 Å². The molecule has 0 aliphatic carbocycles. The number of nitrogens with zero attached hydrogens (tertiary/aromatic N) is 1. The van der Waals surface area contributed by atoms with Gasteiger partial charge in [-0.05, 0) is 13.0 Å². The van der Waals surface area contributed by atoms with Crippen molar-refractivity contribution < 1.29 is 4.58 Å². The van der Waals surface area contributed by atoms with E-state index in [1.54, 1.807) is 0 Å². The van der Waals surface area contributed by atoms with Crippen molar-refractivity contribution in [2.45, 2.75) is 13.0 Å². The average molecular weight is 111 g/mol. The molecule has 0 aromatic carbocycles. The first-order valence-corrected chi connectivity index (χ1v) is 2.78. The van der Waals surface area contributed by atoms with Gasteiger partial charge in [0.2, 0.25) is 6.34 Å². The monoisotopic (exact) mass is 111 g/mol. The molecule has 8 heavy (non-hydrogen) atoms. The van der Waals surface area contributed by atoms with E-state index in [1.165, 1.54) is 0 Å². The van der Waals surface area contributed by atoms with Gasteiger partial charge >= 0.3 is 0 Å². The van der Waals surface area contributed by atoms with Crippen molar-refractivity contribution in [1.82, 2.24) is 5.32 Å². The summed E-state index contributed by atoms with van der Waals surface area (Å²) in [6.07, 6.45) is 6.01. The van der Waals surface area contributed by atoms with Crippen molar-refractivity contribution in [3.8, 4) is 0 Å². The topological polar surface area (TPSA) is 15.0 Å². The smallest absolute Gasteiger partial charge is 0.236 e. The third kappa shape index (κ3) is 0.886. The van der Waals surface area contributed by atoms with Crippen molar-refractivity contribution >= 4 is 6.34 Å². The maximum Gasteiger partial charge on any atom is 0.236 e. The second-order valence-electron chi connectivity index (χ2n) is 2.06. The van der Waals surface area contributed by atoms with E-state index < -0.39 is 0 Å². The van der Waals surface area contributed by atoms with E-state index in [-0.39, 0.29) is 0 Å². The van der Waals surface area contributed by atoms with Crippen LogP contribution < -0.4 is 5.32 Å². The quantitative estimate of drug-likeness (QED) is 0.440. The lowest BCUT2D eigenvalue weighted by Gasteiger charge is -2.07. The van der Waals surface area contributed by atoms with Gasteiger partial charge in [0.15, 0.2) is 0 Å². The maximum absolute atomic E-state index is 2.99. The summed E-state index contributed by atoms with van der Waals surface area (Å²) < 4.78 is 2.11. The van der Waals surface area contributed by atoms with Crippen LogP contribution in [0.15, 0.2) is 12.3 Å². The molecule has 2 nitrogen and oxygen atoms in total. The molecule has 44 valence electrons. The first kappa shape index (κ1) is 5.35. The van der Waals surface area contributed by atoms with Crippen molar-refractivity contribution in [3.05, 3.63) is 12.3 Å². The zero-order valence-electron chi connectivity index (χ0n) is 5.26. The molecule has 0 saturated carbocycles. The van der Waals surface area contributed by atoms with Crippen LogP contribution in [-0.4, -0.2) is 24.0 Å². The third-order valence-electron chi connectivity index (χ3n) is 1.39. The predicted octanol–water partition coefficient (Wildman–Crippen LogP) is 0.162. The molecule has 1 aliphatic rings.